The Hall–Kier alpha value is -1.06. The number of rotatable bonds is 5. The Labute approximate surface area is 195 Å². The molecule has 6 rings (SSSR count). The highest BCUT2D eigenvalue weighted by Crippen LogP contribution is 2.68. The van der Waals surface area contributed by atoms with Crippen molar-refractivity contribution in [3.05, 3.63) is 35.8 Å². The fraction of sp³-hybridized carbons (Fsp3) is 0.793. The van der Waals surface area contributed by atoms with E-state index in [1.165, 1.54) is 82.9 Å². The van der Waals surface area contributed by atoms with E-state index in [2.05, 4.69) is 30.9 Å². The molecule has 0 bridgehead atoms. The van der Waals surface area contributed by atoms with Gasteiger partial charge in [-0.05, 0) is 123 Å². The van der Waals surface area contributed by atoms with Crippen LogP contribution in [0.1, 0.15) is 89.5 Å². The zero-order valence-corrected chi connectivity index (χ0v) is 20.4. The van der Waals surface area contributed by atoms with Crippen LogP contribution in [-0.4, -0.2) is 37.2 Å². The molecule has 0 spiro atoms. The molecule has 4 aliphatic carbocycles. The van der Waals surface area contributed by atoms with Gasteiger partial charge in [-0.15, -0.1) is 0 Å². The number of nitrogens with zero attached hydrogens (tertiary/aromatic N) is 1. The molecule has 0 amide bonds. The van der Waals surface area contributed by atoms with Crippen molar-refractivity contribution in [1.29, 1.82) is 0 Å². The summed E-state index contributed by atoms with van der Waals surface area (Å²) in [6.45, 7) is 9.83. The van der Waals surface area contributed by atoms with Gasteiger partial charge in [-0.25, -0.2) is 0 Å². The Bertz CT molecular complexity index is 824. The number of fused-ring (bicyclic) bond motifs is 5. The first-order valence-corrected chi connectivity index (χ1v) is 13.7. The Morgan fingerprint density at radius 1 is 1.03 bits per heavy atom. The first-order valence-electron chi connectivity index (χ1n) is 13.7. The zero-order chi connectivity index (χ0) is 21.8. The lowest BCUT2D eigenvalue weighted by atomic mass is 9.46. The van der Waals surface area contributed by atoms with Crippen LogP contribution in [0.2, 0.25) is 0 Å². The summed E-state index contributed by atoms with van der Waals surface area (Å²) in [4.78, 5) is 2.57. The average Bonchev–Trinajstić information content (AvgIpc) is 3.54. The number of likely N-dealkylation sites (tertiary alicyclic amines) is 1. The van der Waals surface area contributed by atoms with Crippen LogP contribution in [0.4, 0.5) is 0 Å². The Morgan fingerprint density at radius 3 is 2.72 bits per heavy atom. The van der Waals surface area contributed by atoms with Gasteiger partial charge in [0.15, 0.2) is 0 Å². The van der Waals surface area contributed by atoms with Gasteiger partial charge in [0, 0.05) is 6.54 Å². The smallest absolute Gasteiger partial charge is 0.0937 e. The van der Waals surface area contributed by atoms with E-state index in [-0.39, 0.29) is 0 Å². The predicted molar refractivity (Wildman–Crippen MR) is 129 cm³/mol. The molecule has 0 radical (unpaired) electrons. The summed E-state index contributed by atoms with van der Waals surface area (Å²) >= 11 is 0. The topological polar surface area (TPSA) is 25.6 Å². The van der Waals surface area contributed by atoms with E-state index in [9.17, 15) is 0 Å². The highest BCUT2D eigenvalue weighted by Gasteiger charge is 2.59. The fourth-order valence-electron chi connectivity index (χ4n) is 9.19. The highest BCUT2D eigenvalue weighted by molar-refractivity contribution is 5.27. The predicted octanol–water partition coefficient (Wildman–Crippen LogP) is 6.81. The molecule has 3 heteroatoms. The van der Waals surface area contributed by atoms with Crippen molar-refractivity contribution in [2.24, 2.45) is 28.6 Å². The molecule has 2 heterocycles. The second-order valence-corrected chi connectivity index (χ2v) is 12.3. The summed E-state index contributed by atoms with van der Waals surface area (Å²) in [5.74, 6) is 3.40. The van der Waals surface area contributed by atoms with Crippen molar-refractivity contribution >= 4 is 0 Å². The third-order valence-electron chi connectivity index (χ3n) is 11.0. The lowest BCUT2D eigenvalue weighted by Gasteiger charge is -2.58. The molecule has 0 aromatic carbocycles. The van der Waals surface area contributed by atoms with Crippen LogP contribution in [0.25, 0.3) is 0 Å². The van der Waals surface area contributed by atoms with E-state index in [1.807, 2.05) is 12.5 Å². The molecule has 3 saturated carbocycles. The minimum atomic E-state index is 0.364. The molecule has 5 aliphatic rings. The maximum Gasteiger partial charge on any atom is 0.0937 e. The number of allylic oxidation sites excluding steroid dienone is 1. The van der Waals surface area contributed by atoms with Crippen LogP contribution in [0.15, 0.2) is 34.7 Å². The highest BCUT2D eigenvalue weighted by atomic mass is 16.5. The van der Waals surface area contributed by atoms with Gasteiger partial charge in [-0.1, -0.05) is 25.5 Å². The van der Waals surface area contributed by atoms with E-state index in [0.717, 1.165) is 30.9 Å². The summed E-state index contributed by atoms with van der Waals surface area (Å²) in [7, 11) is 0. The molecule has 0 unspecified atom stereocenters. The van der Waals surface area contributed by atoms with Crippen LogP contribution >= 0.6 is 0 Å². The number of furan rings is 1. The zero-order valence-electron chi connectivity index (χ0n) is 20.4. The van der Waals surface area contributed by atoms with Crippen molar-refractivity contribution in [3.8, 4) is 0 Å². The van der Waals surface area contributed by atoms with Gasteiger partial charge in [0.25, 0.3) is 0 Å². The SMILES string of the molecule is C[C@]12CC[C@H]3[C@@H](CCC4=C[C@@H](OCCN5CCCC5)CC[C@@]43C)[C@@H]1CC[C@@H]2c1ccoc1. The van der Waals surface area contributed by atoms with Crippen molar-refractivity contribution in [3.63, 3.8) is 0 Å². The fourth-order valence-corrected chi connectivity index (χ4v) is 9.19. The maximum absolute atomic E-state index is 6.39. The molecule has 1 aromatic rings. The number of ether oxygens (including phenoxy) is 1. The average molecular weight is 438 g/mol. The normalized spacial score (nSPS) is 44.1. The van der Waals surface area contributed by atoms with Crippen LogP contribution in [0, 0.1) is 28.6 Å². The summed E-state index contributed by atoms with van der Waals surface area (Å²) < 4.78 is 11.9. The molecular weight excluding hydrogens is 394 g/mol. The standard InChI is InChI=1S/C29H43NO2/c1-28-12-9-23(32-18-16-30-14-3-4-15-30)19-22(28)5-6-24-26-8-7-25(21-11-17-31-20-21)29(26,2)13-10-27(24)28/h11,17,19-20,23-27H,3-10,12-16,18H2,1-2H3/t23-,24-,25+,26-,27-,28-,29+/m0/s1. The van der Waals surface area contributed by atoms with Gasteiger partial charge in [0.2, 0.25) is 0 Å². The van der Waals surface area contributed by atoms with Crippen LogP contribution in [0.5, 0.6) is 0 Å². The molecule has 32 heavy (non-hydrogen) atoms. The maximum atomic E-state index is 6.39. The second kappa shape index (κ2) is 8.31. The lowest BCUT2D eigenvalue weighted by Crippen LogP contribution is -2.50. The molecule has 1 aliphatic heterocycles. The molecule has 3 nitrogen and oxygen atoms in total. The molecule has 7 atom stereocenters. The Balaban J connectivity index is 1.14. The van der Waals surface area contributed by atoms with Gasteiger partial charge in [-0.3, -0.25) is 0 Å². The number of hydrogen-bond donors (Lipinski definition) is 0. The van der Waals surface area contributed by atoms with Gasteiger partial charge in [0.1, 0.15) is 0 Å². The van der Waals surface area contributed by atoms with E-state index >= 15 is 0 Å². The first kappa shape index (κ1) is 21.5. The van der Waals surface area contributed by atoms with Crippen LogP contribution in [-0.2, 0) is 4.74 Å². The minimum absolute atomic E-state index is 0.364. The second-order valence-electron chi connectivity index (χ2n) is 12.3. The largest absolute Gasteiger partial charge is 0.472 e. The van der Waals surface area contributed by atoms with Crippen LogP contribution in [0.3, 0.4) is 0 Å². The van der Waals surface area contributed by atoms with Crippen molar-refractivity contribution < 1.29 is 9.15 Å². The van der Waals surface area contributed by atoms with Gasteiger partial charge in [0.05, 0.1) is 25.2 Å². The Kier molecular flexibility index (Phi) is 5.57. The molecule has 1 aromatic heterocycles. The van der Waals surface area contributed by atoms with E-state index < -0.39 is 0 Å². The van der Waals surface area contributed by atoms with Crippen molar-refractivity contribution in [2.75, 3.05) is 26.2 Å². The number of hydrogen-bond acceptors (Lipinski definition) is 3. The first-order chi connectivity index (χ1) is 15.6. The Morgan fingerprint density at radius 2 is 1.91 bits per heavy atom. The monoisotopic (exact) mass is 437 g/mol. The van der Waals surface area contributed by atoms with Gasteiger partial charge >= 0.3 is 0 Å². The molecule has 4 fully saturated rings. The van der Waals surface area contributed by atoms with Gasteiger partial charge < -0.3 is 14.1 Å². The summed E-state index contributed by atoms with van der Waals surface area (Å²) in [5.41, 5.74) is 4.11. The van der Waals surface area contributed by atoms with Gasteiger partial charge in [-0.2, -0.15) is 0 Å². The molecule has 1 saturated heterocycles. The minimum Gasteiger partial charge on any atom is -0.472 e. The third-order valence-corrected chi connectivity index (χ3v) is 11.0. The summed E-state index contributed by atoms with van der Waals surface area (Å²) in [6.07, 6.45) is 20.5. The van der Waals surface area contributed by atoms with Crippen LogP contribution < -0.4 is 0 Å². The van der Waals surface area contributed by atoms with Crippen molar-refractivity contribution in [2.45, 2.75) is 90.1 Å². The molecule has 0 N–H and O–H groups in total. The molecular formula is C29H43NO2. The third kappa shape index (κ3) is 3.45. The lowest BCUT2D eigenvalue weighted by molar-refractivity contribution is -0.0507. The van der Waals surface area contributed by atoms with E-state index in [4.69, 9.17) is 9.15 Å². The van der Waals surface area contributed by atoms with E-state index in [1.54, 1.807) is 5.57 Å². The van der Waals surface area contributed by atoms with Crippen molar-refractivity contribution in [1.82, 2.24) is 4.90 Å². The summed E-state index contributed by atoms with van der Waals surface area (Å²) in [5, 5.41) is 0. The quantitative estimate of drug-likeness (QED) is 0.473. The van der Waals surface area contributed by atoms with E-state index in [0.29, 0.717) is 22.9 Å². The summed E-state index contributed by atoms with van der Waals surface area (Å²) in [6, 6.07) is 2.23. The molecule has 176 valence electrons.